The smallest absolute Gasteiger partial charge is 0.491 e. The number of nitrogens with zero attached hydrogens (tertiary/aromatic N) is 1. The summed E-state index contributed by atoms with van der Waals surface area (Å²) in [6.45, 7) is 2.03. The monoisotopic (exact) mass is 703 g/mol. The SMILES string of the molecule is CCS(=O)(=O)c1ccc(NC(C)=O)cc1CNC(=O)[C@](Nc1ccc2c(N)nccc2c1)(OC(=O)C(F)(F)F)c1ccc(OC)c(OC)c1. The number of carbonyl (C=O) groups is 3. The molecular weight excluding hydrogens is 671 g/mol. The number of nitrogen functional groups attached to an aromatic ring is 1. The number of rotatable bonds is 12. The van der Waals surface area contributed by atoms with Crippen molar-refractivity contribution in [3.05, 3.63) is 78.0 Å². The van der Waals surface area contributed by atoms with Crippen LogP contribution >= 0.6 is 0 Å². The van der Waals surface area contributed by atoms with E-state index < -0.39 is 46.1 Å². The van der Waals surface area contributed by atoms with Crippen molar-refractivity contribution in [3.8, 4) is 11.5 Å². The molecule has 0 fully saturated rings. The molecule has 0 aliphatic carbocycles. The first-order chi connectivity index (χ1) is 23.0. The number of hydrogen-bond acceptors (Lipinski definition) is 11. The lowest BCUT2D eigenvalue weighted by Crippen LogP contribution is -2.54. The molecule has 0 saturated carbocycles. The highest BCUT2D eigenvalue weighted by Crippen LogP contribution is 2.38. The minimum Gasteiger partial charge on any atom is -0.493 e. The molecular formula is C32H32F3N5O8S. The third-order valence-electron chi connectivity index (χ3n) is 7.24. The fourth-order valence-corrected chi connectivity index (χ4v) is 6.00. The minimum absolute atomic E-state index is 0.0138. The number of sulfone groups is 1. The lowest BCUT2D eigenvalue weighted by atomic mass is 9.99. The molecule has 0 unspecified atom stereocenters. The fraction of sp³-hybridized carbons (Fsp3) is 0.250. The lowest BCUT2D eigenvalue weighted by molar-refractivity contribution is -0.213. The number of anilines is 3. The van der Waals surface area contributed by atoms with Crippen LogP contribution in [0.3, 0.4) is 0 Å². The number of nitrogens with two attached hydrogens (primary N) is 1. The van der Waals surface area contributed by atoms with E-state index in [0.29, 0.717) is 10.8 Å². The molecule has 2 amide bonds. The van der Waals surface area contributed by atoms with E-state index in [0.717, 1.165) is 6.07 Å². The van der Waals surface area contributed by atoms with Crippen LogP contribution in [0.15, 0.2) is 71.8 Å². The van der Waals surface area contributed by atoms with E-state index in [1.54, 1.807) is 6.07 Å². The third-order valence-corrected chi connectivity index (χ3v) is 9.07. The molecule has 5 N–H and O–H groups in total. The van der Waals surface area contributed by atoms with Gasteiger partial charge in [-0.05, 0) is 71.6 Å². The number of benzene rings is 3. The van der Waals surface area contributed by atoms with E-state index in [1.165, 1.54) is 82.8 Å². The van der Waals surface area contributed by atoms with Crippen LogP contribution in [0.25, 0.3) is 10.8 Å². The Morgan fingerprint density at radius 1 is 0.918 bits per heavy atom. The van der Waals surface area contributed by atoms with Crippen molar-refractivity contribution in [1.29, 1.82) is 0 Å². The summed E-state index contributed by atoms with van der Waals surface area (Å²) in [6.07, 6.45) is -4.15. The molecule has 0 aliphatic heterocycles. The van der Waals surface area contributed by atoms with Gasteiger partial charge in [-0.2, -0.15) is 13.2 Å². The second kappa shape index (κ2) is 14.3. The van der Waals surface area contributed by atoms with Gasteiger partial charge in [0.25, 0.3) is 11.6 Å². The summed E-state index contributed by atoms with van der Waals surface area (Å²) in [7, 11) is -1.34. The number of carbonyl (C=O) groups excluding carboxylic acids is 3. The quantitative estimate of drug-likeness (QED) is 0.122. The predicted molar refractivity (Wildman–Crippen MR) is 173 cm³/mol. The summed E-state index contributed by atoms with van der Waals surface area (Å²) >= 11 is 0. The van der Waals surface area contributed by atoms with E-state index in [4.69, 9.17) is 19.9 Å². The molecule has 0 radical (unpaired) electrons. The summed E-state index contributed by atoms with van der Waals surface area (Å²) < 4.78 is 83.0. The van der Waals surface area contributed by atoms with Gasteiger partial charge in [-0.15, -0.1) is 0 Å². The summed E-state index contributed by atoms with van der Waals surface area (Å²) in [5.74, 6) is -4.58. The number of aromatic nitrogens is 1. The van der Waals surface area contributed by atoms with Gasteiger partial charge in [-0.25, -0.2) is 18.2 Å². The highest BCUT2D eigenvalue weighted by Gasteiger charge is 2.52. The Balaban J connectivity index is 1.92. The summed E-state index contributed by atoms with van der Waals surface area (Å²) in [6, 6.07) is 13.4. The van der Waals surface area contributed by atoms with E-state index in [-0.39, 0.29) is 50.5 Å². The number of hydrogen-bond donors (Lipinski definition) is 4. The van der Waals surface area contributed by atoms with E-state index in [9.17, 15) is 36.0 Å². The molecule has 4 aromatic rings. The number of alkyl halides is 3. The van der Waals surface area contributed by atoms with Crippen LogP contribution in [-0.4, -0.2) is 57.3 Å². The van der Waals surface area contributed by atoms with Gasteiger partial charge in [-0.1, -0.05) is 6.92 Å². The van der Waals surface area contributed by atoms with Gasteiger partial charge >= 0.3 is 12.1 Å². The molecule has 1 atom stereocenters. The molecule has 0 bridgehead atoms. The average molecular weight is 704 g/mol. The van der Waals surface area contributed by atoms with Crippen molar-refractivity contribution < 1.29 is 50.2 Å². The second-order valence-corrected chi connectivity index (χ2v) is 12.7. The van der Waals surface area contributed by atoms with E-state index in [1.807, 2.05) is 0 Å². The number of pyridine rings is 1. The zero-order valence-electron chi connectivity index (χ0n) is 26.6. The molecule has 17 heteroatoms. The summed E-state index contributed by atoms with van der Waals surface area (Å²) in [5, 5.41) is 8.55. The Bertz CT molecular complexity index is 2020. The first-order valence-corrected chi connectivity index (χ1v) is 16.1. The molecule has 3 aromatic carbocycles. The van der Waals surface area contributed by atoms with Gasteiger partial charge in [0.1, 0.15) is 5.82 Å². The van der Waals surface area contributed by atoms with Crippen LogP contribution in [0.1, 0.15) is 25.0 Å². The molecule has 0 saturated heterocycles. The maximum Gasteiger partial charge on any atom is 0.491 e. The summed E-state index contributed by atoms with van der Waals surface area (Å²) in [4.78, 5) is 42.4. The van der Waals surface area contributed by atoms with Crippen LogP contribution in [0, 0.1) is 0 Å². The maximum atomic E-state index is 14.3. The number of esters is 1. The molecule has 0 aliphatic rings. The molecule has 13 nitrogen and oxygen atoms in total. The van der Waals surface area contributed by atoms with Crippen molar-refractivity contribution in [2.75, 3.05) is 36.3 Å². The van der Waals surface area contributed by atoms with E-state index >= 15 is 0 Å². The standard InChI is InChI=1S/C32H32F3N5O8S/c1-5-49(44,45)27-11-8-22(39-18(2)41)15-20(27)17-38-29(42)31(48-30(43)32(33,34)35,21-6-10-25(46-3)26(16-21)47-4)40-23-7-9-24-19(14-23)12-13-37-28(24)36/h6-16,40H,5,17H2,1-4H3,(H2,36,37)(H,38,42)(H,39,41)/t31-/m1/s1. The van der Waals surface area contributed by atoms with Crippen molar-refractivity contribution in [2.45, 2.75) is 37.2 Å². The van der Waals surface area contributed by atoms with Gasteiger partial charge in [0.2, 0.25) is 5.91 Å². The van der Waals surface area contributed by atoms with Crippen molar-refractivity contribution in [1.82, 2.24) is 10.3 Å². The average Bonchev–Trinajstić information content (AvgIpc) is 3.05. The minimum atomic E-state index is -5.55. The number of nitrogens with one attached hydrogen (secondary N) is 3. The Morgan fingerprint density at radius 3 is 2.24 bits per heavy atom. The first-order valence-electron chi connectivity index (χ1n) is 14.4. The number of methoxy groups -OCH3 is 2. The second-order valence-electron chi connectivity index (χ2n) is 10.5. The summed E-state index contributed by atoms with van der Waals surface area (Å²) in [5.41, 5.74) is 2.84. The largest absolute Gasteiger partial charge is 0.493 e. The van der Waals surface area contributed by atoms with Crippen LogP contribution in [0.2, 0.25) is 0 Å². The molecule has 1 aromatic heterocycles. The van der Waals surface area contributed by atoms with Crippen molar-refractivity contribution in [3.63, 3.8) is 0 Å². The molecule has 1 heterocycles. The molecule has 0 spiro atoms. The Morgan fingerprint density at radius 2 is 1.61 bits per heavy atom. The molecule has 260 valence electrons. The van der Waals surface area contributed by atoms with Gasteiger partial charge in [0, 0.05) is 42.0 Å². The topological polar surface area (TPSA) is 188 Å². The Hall–Kier alpha value is -5.58. The number of ether oxygens (including phenoxy) is 3. The highest BCUT2D eigenvalue weighted by atomic mass is 32.2. The Kier molecular flexibility index (Phi) is 10.6. The number of halogens is 3. The van der Waals surface area contributed by atoms with Crippen LogP contribution in [0.4, 0.5) is 30.4 Å². The van der Waals surface area contributed by atoms with Crippen LogP contribution in [0.5, 0.6) is 11.5 Å². The van der Waals surface area contributed by atoms with Crippen LogP contribution in [-0.2, 0) is 41.2 Å². The van der Waals surface area contributed by atoms with Crippen LogP contribution < -0.4 is 31.2 Å². The first kappa shape index (κ1) is 36.3. The normalized spacial score (nSPS) is 12.8. The highest BCUT2D eigenvalue weighted by molar-refractivity contribution is 7.91. The number of fused-ring (bicyclic) bond motifs is 1. The zero-order chi connectivity index (χ0) is 36.1. The van der Waals surface area contributed by atoms with Gasteiger partial charge in [0.05, 0.1) is 24.9 Å². The van der Waals surface area contributed by atoms with Gasteiger partial charge in [-0.3, -0.25) is 9.59 Å². The van der Waals surface area contributed by atoms with E-state index in [2.05, 4.69) is 20.9 Å². The lowest BCUT2D eigenvalue weighted by Gasteiger charge is -2.34. The van der Waals surface area contributed by atoms with Crippen molar-refractivity contribution >= 4 is 55.6 Å². The van der Waals surface area contributed by atoms with Crippen molar-refractivity contribution in [2.24, 2.45) is 0 Å². The fourth-order valence-electron chi connectivity index (χ4n) is 4.88. The van der Waals surface area contributed by atoms with Gasteiger partial charge < -0.3 is 35.9 Å². The zero-order valence-corrected chi connectivity index (χ0v) is 27.4. The maximum absolute atomic E-state index is 14.3. The van der Waals surface area contributed by atoms with Gasteiger partial charge in [0.15, 0.2) is 21.3 Å². The molecule has 49 heavy (non-hydrogen) atoms. The third kappa shape index (κ3) is 7.94. The number of amides is 2. The molecule has 4 rings (SSSR count). The Labute approximate surface area is 278 Å². The predicted octanol–water partition coefficient (Wildman–Crippen LogP) is 4.27.